The van der Waals surface area contributed by atoms with Gasteiger partial charge in [0.25, 0.3) is 0 Å². The number of piperidine rings is 2. The summed E-state index contributed by atoms with van der Waals surface area (Å²) in [6.07, 6.45) is 6.24. The van der Waals surface area contributed by atoms with Gasteiger partial charge in [-0.3, -0.25) is 9.89 Å². The van der Waals surface area contributed by atoms with Crippen LogP contribution in [0.2, 0.25) is 0 Å². The smallest absolute Gasteiger partial charge is 0.230 e. The zero-order valence-electron chi connectivity index (χ0n) is 13.1. The number of likely N-dealkylation sites (N-methyl/N-ethyl adjacent to an activating group) is 1. The number of hydrogen-bond acceptors (Lipinski definition) is 3. The molecule has 6 heteroatoms. The molecular formula is C17H19BrN4O. The van der Waals surface area contributed by atoms with Crippen LogP contribution in [-0.4, -0.2) is 46.7 Å². The molecule has 5 saturated heterocycles. The zero-order chi connectivity index (χ0) is 15.8. The summed E-state index contributed by atoms with van der Waals surface area (Å²) in [6, 6.07) is 4.22. The molecule has 120 valence electrons. The normalized spacial score (nSPS) is 32.9. The van der Waals surface area contributed by atoms with Crippen LogP contribution in [0.1, 0.15) is 25.7 Å². The molecule has 2 aromatic rings. The summed E-state index contributed by atoms with van der Waals surface area (Å²) in [7, 11) is 2.01. The Morgan fingerprint density at radius 1 is 1.22 bits per heavy atom. The first kappa shape index (κ1) is 13.8. The number of anilines is 1. The van der Waals surface area contributed by atoms with E-state index in [0.29, 0.717) is 5.91 Å². The molecule has 1 aromatic carbocycles. The van der Waals surface area contributed by atoms with Gasteiger partial charge in [-0.15, -0.1) is 0 Å². The van der Waals surface area contributed by atoms with E-state index in [4.69, 9.17) is 0 Å². The van der Waals surface area contributed by atoms with Gasteiger partial charge in [-0.1, -0.05) is 15.9 Å². The van der Waals surface area contributed by atoms with Gasteiger partial charge in [0, 0.05) is 35.7 Å². The Kier molecular flexibility index (Phi) is 2.58. The van der Waals surface area contributed by atoms with Crippen LogP contribution in [0.25, 0.3) is 10.9 Å². The van der Waals surface area contributed by atoms with Crippen molar-refractivity contribution >= 4 is 38.4 Å². The van der Waals surface area contributed by atoms with Crippen LogP contribution >= 0.6 is 15.9 Å². The van der Waals surface area contributed by atoms with E-state index in [-0.39, 0.29) is 11.0 Å². The maximum atomic E-state index is 12.9. The summed E-state index contributed by atoms with van der Waals surface area (Å²) < 4.78 is 1.04. The Bertz CT molecular complexity index is 821. The van der Waals surface area contributed by atoms with Crippen molar-refractivity contribution in [2.45, 2.75) is 31.2 Å². The molecule has 0 unspecified atom stereocenters. The van der Waals surface area contributed by atoms with E-state index >= 15 is 0 Å². The molecule has 6 heterocycles. The summed E-state index contributed by atoms with van der Waals surface area (Å²) >= 11 is 3.61. The number of carbonyl (C=O) groups excluding carboxylic acids is 1. The number of rotatable bonds is 1. The predicted octanol–water partition coefficient (Wildman–Crippen LogP) is 2.92. The molecule has 1 amide bonds. The van der Waals surface area contributed by atoms with E-state index in [1.807, 2.05) is 13.2 Å². The molecule has 23 heavy (non-hydrogen) atoms. The number of carbonyl (C=O) groups is 1. The lowest BCUT2D eigenvalue weighted by atomic mass is 9.63. The van der Waals surface area contributed by atoms with Crippen LogP contribution in [0, 0.1) is 5.41 Å². The minimum absolute atomic E-state index is 0.00765. The van der Waals surface area contributed by atoms with Gasteiger partial charge < -0.3 is 9.80 Å². The first-order valence-corrected chi connectivity index (χ1v) is 8.98. The average Bonchev–Trinajstić information content (AvgIpc) is 2.82. The fraction of sp³-hybridized carbons (Fsp3) is 0.529. The number of nitrogens with one attached hydrogen (secondary N) is 1. The number of amides is 1. The molecule has 5 nitrogen and oxygen atoms in total. The zero-order valence-corrected chi connectivity index (χ0v) is 14.7. The van der Waals surface area contributed by atoms with E-state index in [9.17, 15) is 4.79 Å². The summed E-state index contributed by atoms with van der Waals surface area (Å²) in [5.74, 6) is 0.357. The van der Waals surface area contributed by atoms with Gasteiger partial charge in [0.2, 0.25) is 5.91 Å². The molecule has 6 aliphatic rings. The van der Waals surface area contributed by atoms with Crippen molar-refractivity contribution in [3.63, 3.8) is 0 Å². The molecule has 1 saturated carbocycles. The van der Waals surface area contributed by atoms with Crippen LogP contribution in [-0.2, 0) is 4.79 Å². The third-order valence-electron chi connectivity index (χ3n) is 6.43. The SMILES string of the molecule is CN1C(=O)C23CCC1(CC2)CN(c1cc(Br)cc2[nH]ncc12)C3. The molecule has 0 spiro atoms. The number of hydrogen-bond donors (Lipinski definition) is 1. The van der Waals surface area contributed by atoms with Crippen LogP contribution in [0.15, 0.2) is 22.8 Å². The third-order valence-corrected chi connectivity index (χ3v) is 6.89. The Balaban J connectivity index is 1.68. The molecule has 8 rings (SSSR count). The van der Waals surface area contributed by atoms with Crippen LogP contribution < -0.4 is 4.90 Å². The Morgan fingerprint density at radius 3 is 2.78 bits per heavy atom. The number of nitrogens with zero attached hydrogens (tertiary/aromatic N) is 3. The van der Waals surface area contributed by atoms with E-state index in [1.54, 1.807) is 0 Å². The van der Waals surface area contributed by atoms with Crippen molar-refractivity contribution in [1.82, 2.24) is 15.1 Å². The van der Waals surface area contributed by atoms with Crippen molar-refractivity contribution in [2.75, 3.05) is 25.0 Å². The molecule has 2 bridgehead atoms. The van der Waals surface area contributed by atoms with Gasteiger partial charge in [0.1, 0.15) is 0 Å². The molecule has 5 aliphatic heterocycles. The van der Waals surface area contributed by atoms with E-state index in [0.717, 1.165) is 54.1 Å². The van der Waals surface area contributed by atoms with E-state index < -0.39 is 0 Å². The first-order valence-electron chi connectivity index (χ1n) is 8.19. The van der Waals surface area contributed by atoms with Crippen molar-refractivity contribution in [2.24, 2.45) is 5.41 Å². The predicted molar refractivity (Wildman–Crippen MR) is 92.4 cm³/mol. The molecule has 1 aliphatic carbocycles. The van der Waals surface area contributed by atoms with Crippen LogP contribution in [0.3, 0.4) is 0 Å². The highest BCUT2D eigenvalue weighted by Crippen LogP contribution is 2.55. The lowest BCUT2D eigenvalue weighted by molar-refractivity contribution is -0.160. The summed E-state index contributed by atoms with van der Waals surface area (Å²) in [5.41, 5.74) is 2.04. The highest BCUT2D eigenvalue weighted by Gasteiger charge is 2.61. The molecule has 6 fully saturated rings. The van der Waals surface area contributed by atoms with Crippen molar-refractivity contribution in [3.8, 4) is 0 Å². The largest absolute Gasteiger partial charge is 0.367 e. The van der Waals surface area contributed by atoms with Crippen LogP contribution in [0.4, 0.5) is 5.69 Å². The number of benzene rings is 1. The monoisotopic (exact) mass is 374 g/mol. The van der Waals surface area contributed by atoms with Crippen molar-refractivity contribution in [1.29, 1.82) is 0 Å². The fourth-order valence-electron chi connectivity index (χ4n) is 5.01. The average molecular weight is 375 g/mol. The Hall–Kier alpha value is -1.56. The Morgan fingerprint density at radius 2 is 2.00 bits per heavy atom. The number of halogens is 1. The maximum absolute atomic E-state index is 12.9. The second-order valence-electron chi connectivity index (χ2n) is 7.48. The third kappa shape index (κ3) is 1.67. The van der Waals surface area contributed by atoms with E-state index in [2.05, 4.69) is 48.1 Å². The summed E-state index contributed by atoms with van der Waals surface area (Å²) in [6.45, 7) is 1.75. The summed E-state index contributed by atoms with van der Waals surface area (Å²) in [4.78, 5) is 17.4. The van der Waals surface area contributed by atoms with Gasteiger partial charge in [-0.25, -0.2) is 0 Å². The Labute approximate surface area is 143 Å². The van der Waals surface area contributed by atoms with Crippen molar-refractivity contribution in [3.05, 3.63) is 22.8 Å². The minimum atomic E-state index is -0.189. The molecule has 1 aromatic heterocycles. The van der Waals surface area contributed by atoms with Gasteiger partial charge in [-0.2, -0.15) is 5.10 Å². The van der Waals surface area contributed by atoms with Gasteiger partial charge >= 0.3 is 0 Å². The lowest BCUT2D eigenvalue weighted by Gasteiger charge is -2.54. The molecule has 1 N–H and O–H groups in total. The quantitative estimate of drug-likeness (QED) is 0.834. The van der Waals surface area contributed by atoms with Gasteiger partial charge in [-0.05, 0) is 37.8 Å². The lowest BCUT2D eigenvalue weighted by Crippen LogP contribution is -2.63. The number of aromatic nitrogens is 2. The summed E-state index contributed by atoms with van der Waals surface area (Å²) in [5, 5.41) is 8.40. The number of fused-ring (bicyclic) bond motifs is 1. The van der Waals surface area contributed by atoms with Gasteiger partial charge in [0.15, 0.2) is 0 Å². The highest BCUT2D eigenvalue weighted by molar-refractivity contribution is 9.10. The van der Waals surface area contributed by atoms with E-state index in [1.165, 1.54) is 5.69 Å². The van der Waals surface area contributed by atoms with Crippen molar-refractivity contribution < 1.29 is 4.79 Å². The molecule has 0 atom stereocenters. The number of H-pyrrole nitrogens is 1. The van der Waals surface area contributed by atoms with Gasteiger partial charge in [0.05, 0.1) is 22.7 Å². The number of aromatic amines is 1. The molecular weight excluding hydrogens is 356 g/mol. The second-order valence-corrected chi connectivity index (χ2v) is 8.40. The molecule has 0 radical (unpaired) electrons. The minimum Gasteiger partial charge on any atom is -0.367 e. The second kappa shape index (κ2) is 4.29. The maximum Gasteiger partial charge on any atom is 0.230 e. The van der Waals surface area contributed by atoms with Crippen LogP contribution in [0.5, 0.6) is 0 Å². The first-order chi connectivity index (χ1) is 11.0. The topological polar surface area (TPSA) is 52.2 Å². The highest BCUT2D eigenvalue weighted by atomic mass is 79.9. The standard InChI is InChI=1S/C17H19BrN4O/c1-21-15(23)16-2-4-17(21,5-3-16)10-22(9-16)14-7-11(18)6-13-12(14)8-19-20-13/h6-8H,2-5,9-10H2,1H3,(H,19,20). The fourth-order valence-corrected chi connectivity index (χ4v) is 5.46.